The van der Waals surface area contributed by atoms with Gasteiger partial charge in [0.25, 0.3) is 0 Å². The zero-order chi connectivity index (χ0) is 19.2. The van der Waals surface area contributed by atoms with Crippen LogP contribution in [0.3, 0.4) is 0 Å². The molecule has 8 heteroatoms. The molecule has 1 fully saturated rings. The minimum absolute atomic E-state index is 0.116. The maximum atomic E-state index is 14.1. The van der Waals surface area contributed by atoms with Crippen molar-refractivity contribution in [1.29, 1.82) is 0 Å². The molecular weight excluding hydrogens is 375 g/mol. The Morgan fingerprint density at radius 3 is 2.58 bits per heavy atom. The maximum Gasteiger partial charge on any atom is 0.243 e. The molecule has 5 nitrogen and oxygen atoms in total. The second kappa shape index (κ2) is 9.60. The molecule has 1 atom stereocenters. The van der Waals surface area contributed by atoms with Crippen LogP contribution in [0, 0.1) is 5.82 Å². The standard InChI is InChI=1S/C18H27FN2O3S2/c1-14(18(22)20-12-13-25-15-8-4-3-5-9-15)21(26(2,23)24)17-11-7-6-10-16(17)19/h6-7,10-11,14-15H,3-5,8-9,12-13H2,1-2H3,(H,20,22). The van der Waals surface area contributed by atoms with Crippen LogP contribution in [0.2, 0.25) is 0 Å². The van der Waals surface area contributed by atoms with Gasteiger partial charge in [-0.15, -0.1) is 0 Å². The molecule has 0 heterocycles. The fourth-order valence-electron chi connectivity index (χ4n) is 3.19. The highest BCUT2D eigenvalue weighted by molar-refractivity contribution is 7.99. The molecule has 26 heavy (non-hydrogen) atoms. The molecule has 1 aromatic rings. The van der Waals surface area contributed by atoms with Gasteiger partial charge in [0.2, 0.25) is 15.9 Å². The number of benzene rings is 1. The van der Waals surface area contributed by atoms with Crippen LogP contribution >= 0.6 is 11.8 Å². The van der Waals surface area contributed by atoms with Crippen LogP contribution in [-0.2, 0) is 14.8 Å². The number of sulfonamides is 1. The molecule has 1 aliphatic rings. The van der Waals surface area contributed by atoms with Gasteiger partial charge in [0, 0.05) is 17.5 Å². The van der Waals surface area contributed by atoms with E-state index in [-0.39, 0.29) is 5.69 Å². The van der Waals surface area contributed by atoms with Crippen molar-refractivity contribution in [3.05, 3.63) is 30.1 Å². The van der Waals surface area contributed by atoms with Crippen molar-refractivity contribution in [3.8, 4) is 0 Å². The number of halogens is 1. The molecule has 0 aromatic heterocycles. The van der Waals surface area contributed by atoms with Crippen molar-refractivity contribution in [1.82, 2.24) is 5.32 Å². The molecule has 0 bridgehead atoms. The maximum absolute atomic E-state index is 14.1. The highest BCUT2D eigenvalue weighted by atomic mass is 32.2. The summed E-state index contributed by atoms with van der Waals surface area (Å²) in [6.07, 6.45) is 7.28. The smallest absolute Gasteiger partial charge is 0.243 e. The fourth-order valence-corrected chi connectivity index (χ4v) is 5.59. The number of hydrogen-bond acceptors (Lipinski definition) is 4. The van der Waals surface area contributed by atoms with Crippen molar-refractivity contribution in [2.45, 2.75) is 50.3 Å². The van der Waals surface area contributed by atoms with E-state index in [1.54, 1.807) is 6.07 Å². The zero-order valence-corrected chi connectivity index (χ0v) is 16.9. The molecule has 1 N–H and O–H groups in total. The van der Waals surface area contributed by atoms with Crippen LogP contribution in [0.15, 0.2) is 24.3 Å². The molecule has 1 aliphatic carbocycles. The second-order valence-corrected chi connectivity index (χ2v) is 9.88. The van der Waals surface area contributed by atoms with Crippen molar-refractivity contribution < 1.29 is 17.6 Å². The Balaban J connectivity index is 1.94. The van der Waals surface area contributed by atoms with Crippen molar-refractivity contribution in [2.24, 2.45) is 0 Å². The monoisotopic (exact) mass is 402 g/mol. The van der Waals surface area contributed by atoms with Crippen molar-refractivity contribution in [3.63, 3.8) is 0 Å². The Labute approximate surface area is 159 Å². The SMILES string of the molecule is CC(C(=O)NCCSC1CCCCC1)N(c1ccccc1F)S(C)(=O)=O. The first-order valence-corrected chi connectivity index (χ1v) is 11.8. The minimum Gasteiger partial charge on any atom is -0.353 e. The van der Waals surface area contributed by atoms with Crippen LogP contribution in [0.1, 0.15) is 39.0 Å². The number of nitrogens with zero attached hydrogens (tertiary/aromatic N) is 1. The highest BCUT2D eigenvalue weighted by Gasteiger charge is 2.30. The number of rotatable bonds is 8. The first-order valence-electron chi connectivity index (χ1n) is 8.94. The lowest BCUT2D eigenvalue weighted by molar-refractivity contribution is -0.121. The average Bonchev–Trinajstić information content (AvgIpc) is 2.60. The number of hydrogen-bond donors (Lipinski definition) is 1. The van der Waals surface area contributed by atoms with Gasteiger partial charge in [0.05, 0.1) is 11.9 Å². The number of nitrogens with one attached hydrogen (secondary N) is 1. The lowest BCUT2D eigenvalue weighted by Gasteiger charge is -2.28. The molecule has 1 aromatic carbocycles. The van der Waals surface area contributed by atoms with Crippen LogP contribution in [0.5, 0.6) is 0 Å². The van der Waals surface area contributed by atoms with Gasteiger partial charge in [-0.2, -0.15) is 11.8 Å². The van der Waals surface area contributed by atoms with Gasteiger partial charge < -0.3 is 5.32 Å². The van der Waals surface area contributed by atoms with E-state index in [0.29, 0.717) is 11.8 Å². The number of carbonyl (C=O) groups is 1. The molecule has 0 spiro atoms. The third-order valence-corrected chi connectivity index (χ3v) is 7.10. The first kappa shape index (κ1) is 21.0. The van der Waals surface area contributed by atoms with Crippen molar-refractivity contribution >= 4 is 33.4 Å². The summed E-state index contributed by atoms with van der Waals surface area (Å²) >= 11 is 1.86. The van der Waals surface area contributed by atoms with Gasteiger partial charge in [0.1, 0.15) is 11.9 Å². The number of amides is 1. The van der Waals surface area contributed by atoms with Gasteiger partial charge in [0.15, 0.2) is 0 Å². The van der Waals surface area contributed by atoms with Gasteiger partial charge in [-0.3, -0.25) is 9.10 Å². The van der Waals surface area contributed by atoms with Crippen LogP contribution in [0.4, 0.5) is 10.1 Å². The van der Waals surface area contributed by atoms with Crippen LogP contribution < -0.4 is 9.62 Å². The van der Waals surface area contributed by atoms with E-state index in [0.717, 1.165) is 16.3 Å². The van der Waals surface area contributed by atoms with E-state index < -0.39 is 27.8 Å². The third-order valence-electron chi connectivity index (χ3n) is 4.49. The molecule has 0 aliphatic heterocycles. The molecule has 0 saturated heterocycles. The second-order valence-electron chi connectivity index (χ2n) is 6.61. The largest absolute Gasteiger partial charge is 0.353 e. The number of anilines is 1. The summed E-state index contributed by atoms with van der Waals surface area (Å²) in [6.45, 7) is 1.94. The number of para-hydroxylation sites is 1. The van der Waals surface area contributed by atoms with Crippen LogP contribution in [-0.4, -0.2) is 44.2 Å². The predicted molar refractivity (Wildman–Crippen MR) is 106 cm³/mol. The van der Waals surface area contributed by atoms with E-state index in [2.05, 4.69) is 5.32 Å². The molecule has 1 amide bonds. The van der Waals surface area contributed by atoms with Crippen LogP contribution in [0.25, 0.3) is 0 Å². The Bertz CT molecular complexity index is 706. The summed E-state index contributed by atoms with van der Waals surface area (Å²) in [5.41, 5.74) is -0.116. The Kier molecular flexibility index (Phi) is 7.76. The topological polar surface area (TPSA) is 66.5 Å². The number of carbonyl (C=O) groups excluding carboxylic acids is 1. The van der Waals surface area contributed by atoms with E-state index in [9.17, 15) is 17.6 Å². The summed E-state index contributed by atoms with van der Waals surface area (Å²) in [7, 11) is -3.81. The first-order chi connectivity index (χ1) is 12.3. The molecular formula is C18H27FN2O3S2. The molecule has 0 radical (unpaired) electrons. The van der Waals surface area contributed by atoms with E-state index >= 15 is 0 Å². The molecule has 1 unspecified atom stereocenters. The fraction of sp³-hybridized carbons (Fsp3) is 0.611. The summed E-state index contributed by atoms with van der Waals surface area (Å²) in [6, 6.07) is 4.54. The summed E-state index contributed by atoms with van der Waals surface area (Å²) in [5.74, 6) is -0.310. The summed E-state index contributed by atoms with van der Waals surface area (Å²) in [5, 5.41) is 3.43. The van der Waals surface area contributed by atoms with E-state index in [4.69, 9.17) is 0 Å². The van der Waals surface area contributed by atoms with Gasteiger partial charge >= 0.3 is 0 Å². The Morgan fingerprint density at radius 1 is 1.31 bits per heavy atom. The lowest BCUT2D eigenvalue weighted by Crippen LogP contribution is -2.48. The van der Waals surface area contributed by atoms with Gasteiger partial charge in [-0.05, 0) is 31.9 Å². The normalized spacial score (nSPS) is 16.9. The van der Waals surface area contributed by atoms with Crippen molar-refractivity contribution in [2.75, 3.05) is 22.9 Å². The third kappa shape index (κ3) is 5.87. The molecule has 146 valence electrons. The lowest BCUT2D eigenvalue weighted by atomic mass is 10.0. The zero-order valence-electron chi connectivity index (χ0n) is 15.3. The van der Waals surface area contributed by atoms with E-state index in [1.807, 2.05) is 11.8 Å². The van der Waals surface area contributed by atoms with Gasteiger partial charge in [-0.25, -0.2) is 12.8 Å². The minimum atomic E-state index is -3.81. The predicted octanol–water partition coefficient (Wildman–Crippen LogP) is 3.16. The molecule has 2 rings (SSSR count). The van der Waals surface area contributed by atoms with Gasteiger partial charge in [-0.1, -0.05) is 31.4 Å². The Morgan fingerprint density at radius 2 is 1.96 bits per heavy atom. The molecule has 1 saturated carbocycles. The number of thioether (sulfide) groups is 1. The summed E-state index contributed by atoms with van der Waals surface area (Å²) < 4.78 is 39.2. The quantitative estimate of drug-likeness (QED) is 0.679. The average molecular weight is 403 g/mol. The summed E-state index contributed by atoms with van der Waals surface area (Å²) in [4.78, 5) is 12.4. The highest BCUT2D eigenvalue weighted by Crippen LogP contribution is 2.28. The van der Waals surface area contributed by atoms with E-state index in [1.165, 1.54) is 57.2 Å². The Hall–Kier alpha value is -1.28.